The number of aromatic nitrogens is 2. The minimum atomic E-state index is -3.00. The quantitative estimate of drug-likeness (QED) is 0.735. The molecule has 0 saturated heterocycles. The zero-order chi connectivity index (χ0) is 14.4. The number of unbranched alkanes of at least 4 members (excludes halogenated alkanes) is 1. The van der Waals surface area contributed by atoms with Gasteiger partial charge in [0.1, 0.15) is 0 Å². The van der Waals surface area contributed by atoms with Crippen molar-refractivity contribution in [3.63, 3.8) is 0 Å². The Hall–Kier alpha value is -0.880. The average molecular weight is 287 g/mol. The number of hydrogen-bond acceptors (Lipinski definition) is 4. The van der Waals surface area contributed by atoms with Crippen LogP contribution in [0.3, 0.4) is 0 Å². The van der Waals surface area contributed by atoms with Crippen LogP contribution in [0.5, 0.6) is 0 Å². The molecule has 0 aliphatic heterocycles. The fourth-order valence-electron chi connectivity index (χ4n) is 1.60. The lowest BCUT2D eigenvalue weighted by molar-refractivity contribution is 0.549. The topological polar surface area (TPSA) is 64.0 Å². The van der Waals surface area contributed by atoms with E-state index in [2.05, 4.69) is 10.3 Å². The summed E-state index contributed by atoms with van der Waals surface area (Å²) in [4.78, 5) is 3.98. The average Bonchev–Trinajstić information content (AvgIpc) is 2.79. The Morgan fingerprint density at radius 1 is 1.21 bits per heavy atom. The number of nitrogens with zero attached hydrogens (tertiary/aromatic N) is 2. The molecule has 110 valence electrons. The molecule has 0 bridgehead atoms. The van der Waals surface area contributed by atoms with E-state index in [9.17, 15) is 8.42 Å². The highest BCUT2D eigenvalue weighted by molar-refractivity contribution is 7.92. The van der Waals surface area contributed by atoms with Crippen molar-refractivity contribution in [1.82, 2.24) is 14.9 Å². The van der Waals surface area contributed by atoms with Gasteiger partial charge in [0.05, 0.1) is 16.8 Å². The van der Waals surface area contributed by atoms with Gasteiger partial charge in [0.25, 0.3) is 0 Å². The van der Waals surface area contributed by atoms with Crippen molar-refractivity contribution in [2.45, 2.75) is 44.9 Å². The van der Waals surface area contributed by atoms with Crippen LogP contribution >= 0.6 is 0 Å². The molecule has 0 fully saturated rings. The van der Waals surface area contributed by atoms with Crippen LogP contribution in [0.1, 0.15) is 33.6 Å². The minimum absolute atomic E-state index is 0.206. The number of sulfone groups is 1. The van der Waals surface area contributed by atoms with E-state index < -0.39 is 14.6 Å². The molecular weight excluding hydrogens is 262 g/mol. The van der Waals surface area contributed by atoms with Crippen LogP contribution in [0, 0.1) is 0 Å². The van der Waals surface area contributed by atoms with E-state index in [0.29, 0.717) is 6.54 Å². The summed E-state index contributed by atoms with van der Waals surface area (Å²) in [6.07, 6.45) is 7.63. The normalized spacial score (nSPS) is 12.8. The van der Waals surface area contributed by atoms with Crippen LogP contribution < -0.4 is 5.32 Å². The molecule has 0 saturated carbocycles. The highest BCUT2D eigenvalue weighted by Crippen LogP contribution is 2.15. The molecule has 19 heavy (non-hydrogen) atoms. The second-order valence-corrected chi connectivity index (χ2v) is 8.55. The monoisotopic (exact) mass is 287 g/mol. The standard InChI is InChI=1S/C13H25N3O2S/c1-13(2,3)19(17,18)11-8-14-6-4-5-9-16-10-7-15-12-16/h7,10,12,14H,4-6,8-9,11H2,1-3H3. The molecule has 1 heterocycles. The van der Waals surface area contributed by atoms with Crippen LogP contribution in [0.25, 0.3) is 0 Å². The molecule has 0 atom stereocenters. The van der Waals surface area contributed by atoms with Gasteiger partial charge in [0.2, 0.25) is 0 Å². The summed E-state index contributed by atoms with van der Waals surface area (Å²) in [5.74, 6) is 0.206. The van der Waals surface area contributed by atoms with Gasteiger partial charge in [-0.15, -0.1) is 0 Å². The number of hydrogen-bond donors (Lipinski definition) is 1. The summed E-state index contributed by atoms with van der Waals surface area (Å²) in [7, 11) is -3.00. The Labute approximate surface area is 116 Å². The molecule has 0 aromatic carbocycles. The summed E-state index contributed by atoms with van der Waals surface area (Å²) in [6, 6.07) is 0. The molecule has 0 aliphatic rings. The first-order valence-electron chi connectivity index (χ1n) is 6.72. The van der Waals surface area contributed by atoms with E-state index >= 15 is 0 Å². The van der Waals surface area contributed by atoms with Gasteiger partial charge in [0.15, 0.2) is 9.84 Å². The van der Waals surface area contributed by atoms with Crippen LogP contribution in [0.2, 0.25) is 0 Å². The molecule has 0 unspecified atom stereocenters. The molecule has 1 aromatic rings. The van der Waals surface area contributed by atoms with Crippen molar-refractivity contribution in [1.29, 1.82) is 0 Å². The molecule has 1 N–H and O–H groups in total. The number of aryl methyl sites for hydroxylation is 1. The predicted octanol–water partition coefficient (Wildman–Crippen LogP) is 1.47. The van der Waals surface area contributed by atoms with Crippen molar-refractivity contribution in [2.75, 3.05) is 18.8 Å². The summed E-state index contributed by atoms with van der Waals surface area (Å²) >= 11 is 0. The Morgan fingerprint density at radius 3 is 2.53 bits per heavy atom. The number of nitrogens with one attached hydrogen (secondary N) is 1. The fraction of sp³-hybridized carbons (Fsp3) is 0.769. The lowest BCUT2D eigenvalue weighted by Gasteiger charge is -2.19. The van der Waals surface area contributed by atoms with Crippen LogP contribution in [0.15, 0.2) is 18.7 Å². The molecular formula is C13H25N3O2S. The second kappa shape index (κ2) is 7.05. The van der Waals surface area contributed by atoms with Crippen molar-refractivity contribution >= 4 is 9.84 Å². The first kappa shape index (κ1) is 16.2. The first-order chi connectivity index (χ1) is 8.83. The molecule has 5 nitrogen and oxygen atoms in total. The predicted molar refractivity (Wildman–Crippen MR) is 77.9 cm³/mol. The highest BCUT2D eigenvalue weighted by Gasteiger charge is 2.27. The smallest absolute Gasteiger partial charge is 0.156 e. The van der Waals surface area contributed by atoms with Crippen molar-refractivity contribution < 1.29 is 8.42 Å². The van der Waals surface area contributed by atoms with Crippen molar-refractivity contribution in [3.05, 3.63) is 18.7 Å². The van der Waals surface area contributed by atoms with E-state index in [1.807, 2.05) is 17.1 Å². The van der Waals surface area contributed by atoms with Crippen LogP contribution in [-0.2, 0) is 16.4 Å². The van der Waals surface area contributed by atoms with Crippen LogP contribution in [0.4, 0.5) is 0 Å². The molecule has 0 amide bonds. The molecule has 6 heteroatoms. The molecule has 0 radical (unpaired) electrons. The summed E-state index contributed by atoms with van der Waals surface area (Å²) < 4.78 is 25.1. The number of imidazole rings is 1. The maximum absolute atomic E-state index is 11.8. The van der Waals surface area contributed by atoms with Crippen molar-refractivity contribution in [2.24, 2.45) is 0 Å². The maximum atomic E-state index is 11.8. The summed E-state index contributed by atoms with van der Waals surface area (Å²) in [5.41, 5.74) is 0. The Kier molecular flexibility index (Phi) is 6.00. The van der Waals surface area contributed by atoms with Gasteiger partial charge in [-0.25, -0.2) is 13.4 Å². The fourth-order valence-corrected chi connectivity index (χ4v) is 2.63. The largest absolute Gasteiger partial charge is 0.337 e. The van der Waals surface area contributed by atoms with Gasteiger partial charge >= 0.3 is 0 Å². The minimum Gasteiger partial charge on any atom is -0.337 e. The third-order valence-corrected chi connectivity index (χ3v) is 5.67. The Bertz CT molecular complexity index is 447. The van der Waals surface area contributed by atoms with Gasteiger partial charge in [-0.2, -0.15) is 0 Å². The van der Waals surface area contributed by atoms with E-state index in [1.165, 1.54) is 0 Å². The van der Waals surface area contributed by atoms with Crippen LogP contribution in [-0.4, -0.2) is 41.6 Å². The lowest BCUT2D eigenvalue weighted by Crippen LogP contribution is -2.34. The van der Waals surface area contributed by atoms with Gasteiger partial charge in [0, 0.05) is 25.5 Å². The number of rotatable bonds is 8. The molecule has 0 spiro atoms. The second-order valence-electron chi connectivity index (χ2n) is 5.69. The van der Waals surface area contributed by atoms with E-state index in [0.717, 1.165) is 25.9 Å². The Balaban J connectivity index is 2.06. The van der Waals surface area contributed by atoms with Crippen molar-refractivity contribution in [3.8, 4) is 0 Å². The van der Waals surface area contributed by atoms with Gasteiger partial charge < -0.3 is 9.88 Å². The summed E-state index contributed by atoms with van der Waals surface area (Å²) in [5, 5.41) is 3.19. The lowest BCUT2D eigenvalue weighted by atomic mass is 10.3. The summed E-state index contributed by atoms with van der Waals surface area (Å²) in [6.45, 7) is 7.58. The third-order valence-electron chi connectivity index (χ3n) is 3.06. The highest BCUT2D eigenvalue weighted by atomic mass is 32.2. The van der Waals surface area contributed by atoms with Gasteiger partial charge in [-0.05, 0) is 40.2 Å². The van der Waals surface area contributed by atoms with Gasteiger partial charge in [-0.1, -0.05) is 0 Å². The third kappa shape index (κ3) is 5.74. The van der Waals surface area contributed by atoms with E-state index in [4.69, 9.17) is 0 Å². The van der Waals surface area contributed by atoms with E-state index in [-0.39, 0.29) is 5.75 Å². The molecule has 1 rings (SSSR count). The molecule has 1 aromatic heterocycles. The Morgan fingerprint density at radius 2 is 1.95 bits per heavy atom. The molecule has 0 aliphatic carbocycles. The van der Waals surface area contributed by atoms with E-state index in [1.54, 1.807) is 27.0 Å². The zero-order valence-corrected chi connectivity index (χ0v) is 12.9. The zero-order valence-electron chi connectivity index (χ0n) is 12.1. The maximum Gasteiger partial charge on any atom is 0.156 e. The SMILES string of the molecule is CC(C)(C)S(=O)(=O)CCNCCCCn1ccnc1. The van der Waals surface area contributed by atoms with Gasteiger partial charge in [-0.3, -0.25) is 0 Å². The first-order valence-corrected chi connectivity index (χ1v) is 8.37.